The normalized spacial score (nSPS) is 17.8. The zero-order chi connectivity index (χ0) is 16.2. The van der Waals surface area contributed by atoms with Crippen LogP contribution in [0, 0.1) is 0 Å². The molecular formula is C17H14ClN3O2. The van der Waals surface area contributed by atoms with Crippen molar-refractivity contribution in [1.82, 2.24) is 4.98 Å². The number of ether oxygens (including phenoxy) is 1. The molecule has 0 spiro atoms. The molecule has 0 aliphatic carbocycles. The van der Waals surface area contributed by atoms with Crippen molar-refractivity contribution in [2.75, 3.05) is 0 Å². The molecule has 0 saturated heterocycles. The highest BCUT2D eigenvalue weighted by molar-refractivity contribution is 6.30. The highest BCUT2D eigenvalue weighted by atomic mass is 35.5. The molecule has 1 atom stereocenters. The summed E-state index contributed by atoms with van der Waals surface area (Å²) in [5.74, 6) is -0.110. The molecule has 116 valence electrons. The van der Waals surface area contributed by atoms with Gasteiger partial charge in [0, 0.05) is 28.7 Å². The Labute approximate surface area is 138 Å². The molecule has 1 aromatic carbocycles. The first kappa shape index (κ1) is 15.4. The van der Waals surface area contributed by atoms with Gasteiger partial charge in [0.15, 0.2) is 6.04 Å². The van der Waals surface area contributed by atoms with E-state index in [1.165, 1.54) is 0 Å². The quantitative estimate of drug-likeness (QED) is 0.640. The van der Waals surface area contributed by atoms with E-state index in [-0.39, 0.29) is 0 Å². The van der Waals surface area contributed by atoms with Crippen molar-refractivity contribution < 1.29 is 9.53 Å². The molecule has 0 radical (unpaired) electrons. The molecule has 5 nitrogen and oxygen atoms in total. The maximum Gasteiger partial charge on any atom is 0.343 e. The van der Waals surface area contributed by atoms with Crippen LogP contribution in [0.15, 0.2) is 58.8 Å². The second kappa shape index (κ2) is 6.71. The fraction of sp³-hybridized carbons (Fsp3) is 0.176. The van der Waals surface area contributed by atoms with Crippen molar-refractivity contribution in [3.63, 3.8) is 0 Å². The van der Waals surface area contributed by atoms with Gasteiger partial charge in [0.2, 0.25) is 5.90 Å². The molecule has 0 amide bonds. The van der Waals surface area contributed by atoms with Crippen LogP contribution in [0.2, 0.25) is 5.02 Å². The number of carbonyl (C=O) groups excluding carboxylic acids is 1. The van der Waals surface area contributed by atoms with Crippen LogP contribution in [0.25, 0.3) is 0 Å². The summed E-state index contributed by atoms with van der Waals surface area (Å²) in [5, 5.41) is 0.616. The van der Waals surface area contributed by atoms with Gasteiger partial charge in [-0.2, -0.15) is 0 Å². The molecule has 1 aliphatic heterocycles. The van der Waals surface area contributed by atoms with E-state index >= 15 is 0 Å². The summed E-state index contributed by atoms with van der Waals surface area (Å²) in [6, 6.07) is 10.1. The maximum atomic E-state index is 12.0. The average molecular weight is 328 g/mol. The third-order valence-corrected chi connectivity index (χ3v) is 3.67. The molecular weight excluding hydrogens is 314 g/mol. The van der Waals surface area contributed by atoms with Gasteiger partial charge in [-0.05, 0) is 48.9 Å². The van der Waals surface area contributed by atoms with Gasteiger partial charge in [0.25, 0.3) is 0 Å². The number of aromatic nitrogens is 1. The van der Waals surface area contributed by atoms with E-state index in [4.69, 9.17) is 16.3 Å². The van der Waals surface area contributed by atoms with Gasteiger partial charge in [-0.15, -0.1) is 0 Å². The smallest absolute Gasteiger partial charge is 0.343 e. The number of esters is 1. The molecule has 1 unspecified atom stereocenters. The molecule has 2 heterocycles. The molecule has 2 aromatic rings. The van der Waals surface area contributed by atoms with Crippen LogP contribution in [0.4, 0.5) is 0 Å². The number of nitrogens with zero attached hydrogens (tertiary/aromatic N) is 3. The van der Waals surface area contributed by atoms with Crippen molar-refractivity contribution in [1.29, 1.82) is 0 Å². The van der Waals surface area contributed by atoms with E-state index < -0.39 is 12.0 Å². The minimum Gasteiger partial charge on any atom is -0.405 e. The van der Waals surface area contributed by atoms with Crippen molar-refractivity contribution >= 4 is 29.2 Å². The topological polar surface area (TPSA) is 63.9 Å². The van der Waals surface area contributed by atoms with Crippen LogP contribution in [-0.4, -0.2) is 28.6 Å². The second-order valence-corrected chi connectivity index (χ2v) is 5.51. The summed E-state index contributed by atoms with van der Waals surface area (Å²) in [5.41, 5.74) is 2.36. The summed E-state index contributed by atoms with van der Waals surface area (Å²) < 4.78 is 5.25. The Morgan fingerprint density at radius 2 is 1.91 bits per heavy atom. The van der Waals surface area contributed by atoms with Gasteiger partial charge < -0.3 is 4.74 Å². The third-order valence-electron chi connectivity index (χ3n) is 3.41. The van der Waals surface area contributed by atoms with E-state index in [0.29, 0.717) is 28.7 Å². The molecule has 1 aliphatic rings. The number of carbonyl (C=O) groups is 1. The highest BCUT2D eigenvalue weighted by Gasteiger charge is 2.31. The molecule has 0 fully saturated rings. The summed E-state index contributed by atoms with van der Waals surface area (Å²) in [7, 11) is 0. The number of hydrogen-bond donors (Lipinski definition) is 0. The van der Waals surface area contributed by atoms with Gasteiger partial charge in [-0.1, -0.05) is 11.6 Å². The SMILES string of the molecule is CC(=NCc1ccncc1)C1N=C(c2ccc(Cl)cc2)OC1=O. The highest BCUT2D eigenvalue weighted by Crippen LogP contribution is 2.17. The van der Waals surface area contributed by atoms with E-state index in [2.05, 4.69) is 15.0 Å². The Hall–Kier alpha value is -2.53. The largest absolute Gasteiger partial charge is 0.405 e. The number of rotatable bonds is 4. The molecule has 6 heteroatoms. The van der Waals surface area contributed by atoms with Gasteiger partial charge in [0.1, 0.15) is 0 Å². The lowest BCUT2D eigenvalue weighted by molar-refractivity contribution is -0.133. The summed E-state index contributed by atoms with van der Waals surface area (Å²) in [6.07, 6.45) is 3.42. The predicted molar refractivity (Wildman–Crippen MR) is 88.9 cm³/mol. The van der Waals surface area contributed by atoms with Gasteiger partial charge in [0.05, 0.1) is 6.54 Å². The fourth-order valence-corrected chi connectivity index (χ4v) is 2.25. The minimum absolute atomic E-state index is 0.301. The van der Waals surface area contributed by atoms with Gasteiger partial charge in [-0.3, -0.25) is 9.98 Å². The van der Waals surface area contributed by atoms with E-state index in [1.54, 1.807) is 43.6 Å². The number of pyridine rings is 1. The molecule has 1 aromatic heterocycles. The molecule has 0 N–H and O–H groups in total. The molecule has 23 heavy (non-hydrogen) atoms. The van der Waals surface area contributed by atoms with Crippen LogP contribution in [0.5, 0.6) is 0 Å². The standard InChI is InChI=1S/C17H14ClN3O2/c1-11(20-10-12-6-8-19-9-7-12)15-17(22)23-16(21-15)13-2-4-14(18)5-3-13/h2-9,15H,10H2,1H3. The van der Waals surface area contributed by atoms with Crippen LogP contribution >= 0.6 is 11.6 Å². The zero-order valence-electron chi connectivity index (χ0n) is 12.4. The summed E-state index contributed by atoms with van der Waals surface area (Å²) in [4.78, 5) is 24.8. The molecule has 3 rings (SSSR count). The Balaban J connectivity index is 1.76. The Morgan fingerprint density at radius 1 is 1.22 bits per heavy atom. The lowest BCUT2D eigenvalue weighted by atomic mass is 10.2. The van der Waals surface area contributed by atoms with E-state index in [9.17, 15) is 4.79 Å². The van der Waals surface area contributed by atoms with Gasteiger partial charge in [-0.25, -0.2) is 9.79 Å². The first-order valence-electron chi connectivity index (χ1n) is 7.09. The lowest BCUT2D eigenvalue weighted by Crippen LogP contribution is -2.23. The molecule has 0 saturated carbocycles. The predicted octanol–water partition coefficient (Wildman–Crippen LogP) is 3.07. The zero-order valence-corrected chi connectivity index (χ0v) is 13.2. The number of halogens is 1. The van der Waals surface area contributed by atoms with Crippen LogP contribution in [-0.2, 0) is 16.1 Å². The second-order valence-electron chi connectivity index (χ2n) is 5.08. The molecule has 0 bridgehead atoms. The van der Waals surface area contributed by atoms with E-state index in [1.807, 2.05) is 12.1 Å². The fourth-order valence-electron chi connectivity index (χ4n) is 2.13. The first-order chi connectivity index (χ1) is 11.1. The third kappa shape index (κ3) is 3.63. The Kier molecular flexibility index (Phi) is 4.48. The van der Waals surface area contributed by atoms with Crippen molar-refractivity contribution in [2.45, 2.75) is 19.5 Å². The van der Waals surface area contributed by atoms with Gasteiger partial charge >= 0.3 is 5.97 Å². The Morgan fingerprint density at radius 3 is 2.61 bits per heavy atom. The number of aliphatic imine (C=N–C) groups is 2. The van der Waals surface area contributed by atoms with Crippen LogP contribution in [0.1, 0.15) is 18.1 Å². The monoisotopic (exact) mass is 327 g/mol. The minimum atomic E-state index is -0.692. The van der Waals surface area contributed by atoms with Crippen molar-refractivity contribution in [2.24, 2.45) is 9.98 Å². The summed E-state index contributed by atoms with van der Waals surface area (Å²) >= 11 is 5.85. The lowest BCUT2D eigenvalue weighted by Gasteiger charge is -2.03. The van der Waals surface area contributed by atoms with Crippen LogP contribution < -0.4 is 0 Å². The number of benzene rings is 1. The number of hydrogen-bond acceptors (Lipinski definition) is 5. The summed E-state index contributed by atoms with van der Waals surface area (Å²) in [6.45, 7) is 2.26. The average Bonchev–Trinajstić information content (AvgIpc) is 2.96. The maximum absolute atomic E-state index is 12.0. The van der Waals surface area contributed by atoms with Crippen molar-refractivity contribution in [3.05, 3.63) is 64.9 Å². The van der Waals surface area contributed by atoms with E-state index in [0.717, 1.165) is 5.56 Å². The van der Waals surface area contributed by atoms with Crippen LogP contribution in [0.3, 0.4) is 0 Å². The van der Waals surface area contributed by atoms with Crippen molar-refractivity contribution in [3.8, 4) is 0 Å². The Bertz CT molecular complexity index is 770. The number of cyclic esters (lactones) is 1. The first-order valence-corrected chi connectivity index (χ1v) is 7.46.